The number of allylic oxidation sites excluding steroid dienone is 1. The van der Waals surface area contributed by atoms with E-state index in [4.69, 9.17) is 4.74 Å². The first-order chi connectivity index (χ1) is 6.17. The Morgan fingerprint density at radius 2 is 2.31 bits per heavy atom. The molecule has 13 heavy (non-hydrogen) atoms. The maximum absolute atomic E-state index is 10.1. The fraction of sp³-hybridized carbons (Fsp3) is 0.818. The molecule has 0 radical (unpaired) electrons. The van der Waals surface area contributed by atoms with E-state index in [0.717, 1.165) is 12.8 Å². The van der Waals surface area contributed by atoms with Gasteiger partial charge in [0.25, 0.3) is 0 Å². The lowest BCUT2D eigenvalue weighted by Gasteiger charge is -2.28. The number of hydrogen-bond donors (Lipinski definition) is 1. The van der Waals surface area contributed by atoms with Crippen molar-refractivity contribution in [1.82, 2.24) is 0 Å². The fourth-order valence-corrected chi connectivity index (χ4v) is 1.79. The average Bonchev–Trinajstić information content (AvgIpc) is 2.16. The first-order valence-electron chi connectivity index (χ1n) is 5.07. The highest BCUT2D eigenvalue weighted by Crippen LogP contribution is 2.29. The molecule has 1 unspecified atom stereocenters. The third kappa shape index (κ3) is 3.12. The molecule has 0 spiro atoms. The zero-order chi connectivity index (χ0) is 9.73. The zero-order valence-corrected chi connectivity index (χ0v) is 8.68. The van der Waals surface area contributed by atoms with Crippen molar-refractivity contribution in [2.75, 3.05) is 13.7 Å². The van der Waals surface area contributed by atoms with E-state index in [1.165, 1.54) is 18.4 Å². The summed E-state index contributed by atoms with van der Waals surface area (Å²) in [7, 11) is 1.67. The van der Waals surface area contributed by atoms with E-state index < -0.39 is 5.60 Å². The highest BCUT2D eigenvalue weighted by molar-refractivity contribution is 5.16. The van der Waals surface area contributed by atoms with E-state index in [-0.39, 0.29) is 0 Å². The van der Waals surface area contributed by atoms with Crippen LogP contribution in [0.25, 0.3) is 0 Å². The topological polar surface area (TPSA) is 29.5 Å². The lowest BCUT2D eigenvalue weighted by molar-refractivity contribution is 0.0513. The van der Waals surface area contributed by atoms with Gasteiger partial charge in [-0.05, 0) is 38.2 Å². The van der Waals surface area contributed by atoms with Crippen LogP contribution in [0, 0.1) is 0 Å². The summed E-state index contributed by atoms with van der Waals surface area (Å²) in [6.45, 7) is 2.52. The van der Waals surface area contributed by atoms with Gasteiger partial charge in [0.15, 0.2) is 0 Å². The molecule has 0 aliphatic heterocycles. The summed E-state index contributed by atoms with van der Waals surface area (Å²) in [6.07, 6.45) is 7.56. The summed E-state index contributed by atoms with van der Waals surface area (Å²) < 4.78 is 4.98. The molecule has 0 amide bonds. The molecule has 0 fully saturated rings. The maximum atomic E-state index is 10.1. The number of methoxy groups -OCH3 is 1. The second kappa shape index (κ2) is 4.77. The smallest absolute Gasteiger partial charge is 0.0850 e. The van der Waals surface area contributed by atoms with Gasteiger partial charge in [0.05, 0.1) is 5.60 Å². The third-order valence-electron chi connectivity index (χ3n) is 2.78. The Balaban J connectivity index is 2.51. The highest BCUT2D eigenvalue weighted by atomic mass is 16.5. The Morgan fingerprint density at radius 1 is 1.54 bits per heavy atom. The predicted molar refractivity (Wildman–Crippen MR) is 53.7 cm³/mol. The van der Waals surface area contributed by atoms with Crippen LogP contribution in [-0.4, -0.2) is 24.4 Å². The van der Waals surface area contributed by atoms with Crippen LogP contribution in [0.5, 0.6) is 0 Å². The molecular weight excluding hydrogens is 164 g/mol. The summed E-state index contributed by atoms with van der Waals surface area (Å²) in [5.74, 6) is 0. The van der Waals surface area contributed by atoms with Crippen LogP contribution in [-0.2, 0) is 4.74 Å². The number of ether oxygens (including phenoxy) is 1. The van der Waals surface area contributed by atoms with Crippen LogP contribution in [0.3, 0.4) is 0 Å². The molecular formula is C11H20O2. The number of hydrogen-bond acceptors (Lipinski definition) is 2. The molecule has 0 heterocycles. The SMILES string of the molecule is COCCC(C)(O)C1=CCCCC1. The van der Waals surface area contributed by atoms with Crippen molar-refractivity contribution in [2.45, 2.75) is 44.6 Å². The van der Waals surface area contributed by atoms with Crippen LogP contribution in [0.15, 0.2) is 11.6 Å². The van der Waals surface area contributed by atoms with Crippen molar-refractivity contribution in [2.24, 2.45) is 0 Å². The van der Waals surface area contributed by atoms with Gasteiger partial charge in [-0.3, -0.25) is 0 Å². The lowest BCUT2D eigenvalue weighted by atomic mass is 9.85. The number of rotatable bonds is 4. The predicted octanol–water partition coefficient (Wildman–Crippen LogP) is 2.27. The molecule has 0 bridgehead atoms. The molecule has 0 aromatic rings. The summed E-state index contributed by atoms with van der Waals surface area (Å²) in [5, 5.41) is 10.1. The Bertz CT molecular complexity index is 183. The highest BCUT2D eigenvalue weighted by Gasteiger charge is 2.25. The molecule has 0 aromatic carbocycles. The largest absolute Gasteiger partial charge is 0.386 e. The summed E-state index contributed by atoms with van der Waals surface area (Å²) in [4.78, 5) is 0. The molecule has 1 atom stereocenters. The molecule has 2 heteroatoms. The first kappa shape index (κ1) is 10.7. The van der Waals surface area contributed by atoms with Crippen molar-refractivity contribution in [3.05, 3.63) is 11.6 Å². The Labute approximate surface area is 80.6 Å². The second-order valence-electron chi connectivity index (χ2n) is 3.99. The third-order valence-corrected chi connectivity index (χ3v) is 2.78. The molecule has 0 saturated carbocycles. The van der Waals surface area contributed by atoms with Crippen molar-refractivity contribution in [3.8, 4) is 0 Å². The Morgan fingerprint density at radius 3 is 2.85 bits per heavy atom. The standard InChI is InChI=1S/C11H20O2/c1-11(12,8-9-13-2)10-6-4-3-5-7-10/h6,12H,3-5,7-9H2,1-2H3. The summed E-state index contributed by atoms with van der Waals surface area (Å²) >= 11 is 0. The van der Waals surface area contributed by atoms with Gasteiger partial charge in [-0.25, -0.2) is 0 Å². The molecule has 76 valence electrons. The van der Waals surface area contributed by atoms with E-state index in [1.807, 2.05) is 6.92 Å². The molecule has 1 aliphatic rings. The maximum Gasteiger partial charge on any atom is 0.0850 e. The zero-order valence-electron chi connectivity index (χ0n) is 8.68. The Kier molecular flexibility index (Phi) is 3.94. The number of aliphatic hydroxyl groups is 1. The van der Waals surface area contributed by atoms with E-state index in [0.29, 0.717) is 13.0 Å². The lowest BCUT2D eigenvalue weighted by Crippen LogP contribution is -2.29. The molecule has 1 aliphatic carbocycles. The van der Waals surface area contributed by atoms with E-state index >= 15 is 0 Å². The van der Waals surface area contributed by atoms with Gasteiger partial charge in [-0.2, -0.15) is 0 Å². The second-order valence-corrected chi connectivity index (χ2v) is 3.99. The minimum atomic E-state index is -0.642. The minimum Gasteiger partial charge on any atom is -0.386 e. The fourth-order valence-electron chi connectivity index (χ4n) is 1.79. The molecule has 0 aromatic heterocycles. The first-order valence-corrected chi connectivity index (χ1v) is 5.07. The van der Waals surface area contributed by atoms with Gasteiger partial charge < -0.3 is 9.84 Å². The normalized spacial score (nSPS) is 22.2. The van der Waals surface area contributed by atoms with Crippen LogP contribution in [0.1, 0.15) is 39.0 Å². The van der Waals surface area contributed by atoms with Crippen LogP contribution < -0.4 is 0 Å². The summed E-state index contributed by atoms with van der Waals surface area (Å²) in [6, 6.07) is 0. The van der Waals surface area contributed by atoms with Crippen molar-refractivity contribution in [3.63, 3.8) is 0 Å². The van der Waals surface area contributed by atoms with Gasteiger partial charge in [0, 0.05) is 20.1 Å². The monoisotopic (exact) mass is 184 g/mol. The average molecular weight is 184 g/mol. The van der Waals surface area contributed by atoms with Crippen LogP contribution >= 0.6 is 0 Å². The van der Waals surface area contributed by atoms with Crippen LogP contribution in [0.4, 0.5) is 0 Å². The Hall–Kier alpha value is -0.340. The van der Waals surface area contributed by atoms with Gasteiger partial charge in [-0.15, -0.1) is 0 Å². The molecule has 1 N–H and O–H groups in total. The molecule has 0 saturated heterocycles. The van der Waals surface area contributed by atoms with Gasteiger partial charge in [0.1, 0.15) is 0 Å². The van der Waals surface area contributed by atoms with Crippen molar-refractivity contribution in [1.29, 1.82) is 0 Å². The van der Waals surface area contributed by atoms with Crippen LogP contribution in [0.2, 0.25) is 0 Å². The minimum absolute atomic E-state index is 0.629. The van der Waals surface area contributed by atoms with E-state index in [2.05, 4.69) is 6.08 Å². The van der Waals surface area contributed by atoms with E-state index in [9.17, 15) is 5.11 Å². The van der Waals surface area contributed by atoms with Gasteiger partial charge in [0.2, 0.25) is 0 Å². The molecule has 1 rings (SSSR count). The van der Waals surface area contributed by atoms with Gasteiger partial charge >= 0.3 is 0 Å². The van der Waals surface area contributed by atoms with Crippen molar-refractivity contribution >= 4 is 0 Å². The van der Waals surface area contributed by atoms with Gasteiger partial charge in [-0.1, -0.05) is 6.08 Å². The molecule has 2 nitrogen and oxygen atoms in total. The van der Waals surface area contributed by atoms with Crippen molar-refractivity contribution < 1.29 is 9.84 Å². The summed E-state index contributed by atoms with van der Waals surface area (Å²) in [5.41, 5.74) is 0.562. The van der Waals surface area contributed by atoms with E-state index in [1.54, 1.807) is 7.11 Å². The quantitative estimate of drug-likeness (QED) is 0.679.